The number of rotatable bonds is 3. The largest absolute Gasteiger partial charge is 0.354 e. The Kier molecular flexibility index (Phi) is 4.68. The predicted octanol–water partition coefficient (Wildman–Crippen LogP) is 3.24. The van der Waals surface area contributed by atoms with Gasteiger partial charge in [0, 0.05) is 48.6 Å². The molecule has 2 heterocycles. The molecule has 1 aromatic heterocycles. The molecule has 0 aliphatic carbocycles. The van der Waals surface area contributed by atoms with Crippen molar-refractivity contribution in [2.75, 3.05) is 43.4 Å². The summed E-state index contributed by atoms with van der Waals surface area (Å²) in [5.74, 6) is 1.59. The average molecular weight is 332 g/mol. The topological polar surface area (TPSA) is 44.3 Å². The number of piperazine rings is 1. The Balaban J connectivity index is 1.84. The fourth-order valence-corrected chi connectivity index (χ4v) is 2.84. The fraction of sp³-hybridized carbons (Fsp3) is 0.412. The molecule has 0 unspecified atom stereocenters. The number of likely N-dealkylation sites (N-methyl/N-ethyl adjacent to an activating group) is 1. The molecule has 0 amide bonds. The van der Waals surface area contributed by atoms with E-state index in [4.69, 9.17) is 16.6 Å². The van der Waals surface area contributed by atoms with E-state index in [-0.39, 0.29) is 0 Å². The van der Waals surface area contributed by atoms with Crippen LogP contribution in [0.1, 0.15) is 11.3 Å². The first-order chi connectivity index (χ1) is 11.0. The van der Waals surface area contributed by atoms with Crippen molar-refractivity contribution < 1.29 is 0 Å². The minimum atomic E-state index is 0.615. The lowest BCUT2D eigenvalue weighted by Crippen LogP contribution is -2.44. The second-order valence-corrected chi connectivity index (χ2v) is 6.43. The lowest BCUT2D eigenvalue weighted by atomic mass is 10.2. The predicted molar refractivity (Wildman–Crippen MR) is 96.0 cm³/mol. The molecule has 122 valence electrons. The highest BCUT2D eigenvalue weighted by molar-refractivity contribution is 6.31. The summed E-state index contributed by atoms with van der Waals surface area (Å²) in [6.45, 7) is 8.07. The van der Waals surface area contributed by atoms with Crippen LogP contribution < -0.4 is 10.2 Å². The molecule has 1 aliphatic heterocycles. The Morgan fingerprint density at radius 3 is 2.57 bits per heavy atom. The molecule has 1 fully saturated rings. The molecule has 0 saturated carbocycles. The first kappa shape index (κ1) is 16.0. The molecule has 1 saturated heterocycles. The summed E-state index contributed by atoms with van der Waals surface area (Å²) in [5, 5.41) is 4.04. The van der Waals surface area contributed by atoms with Gasteiger partial charge in [-0.05, 0) is 38.6 Å². The third-order valence-corrected chi connectivity index (χ3v) is 4.59. The van der Waals surface area contributed by atoms with Gasteiger partial charge in [-0.15, -0.1) is 0 Å². The number of nitrogens with one attached hydrogen (secondary N) is 1. The quantitative estimate of drug-likeness (QED) is 0.935. The lowest BCUT2D eigenvalue weighted by molar-refractivity contribution is 0.312. The standard InChI is InChI=1S/C17H22ClN5/c1-12-11-16(23-9-7-22(3)8-10-23)21-17(19-12)20-15-6-4-5-14(18)13(15)2/h4-6,11H,7-10H2,1-3H3,(H,19,20,21). The third kappa shape index (κ3) is 3.74. The average Bonchev–Trinajstić information content (AvgIpc) is 2.52. The summed E-state index contributed by atoms with van der Waals surface area (Å²) in [6.07, 6.45) is 0. The lowest BCUT2D eigenvalue weighted by Gasteiger charge is -2.33. The Bertz CT molecular complexity index is 695. The van der Waals surface area contributed by atoms with E-state index in [1.165, 1.54) is 0 Å². The van der Waals surface area contributed by atoms with Crippen LogP contribution in [0, 0.1) is 13.8 Å². The van der Waals surface area contributed by atoms with Gasteiger partial charge in [0.25, 0.3) is 0 Å². The number of anilines is 3. The highest BCUT2D eigenvalue weighted by atomic mass is 35.5. The van der Waals surface area contributed by atoms with Crippen molar-refractivity contribution in [1.82, 2.24) is 14.9 Å². The molecule has 2 aromatic rings. The first-order valence-electron chi connectivity index (χ1n) is 7.84. The van der Waals surface area contributed by atoms with Crippen LogP contribution in [0.25, 0.3) is 0 Å². The van der Waals surface area contributed by atoms with Gasteiger partial charge in [0.05, 0.1) is 0 Å². The highest BCUT2D eigenvalue weighted by Crippen LogP contribution is 2.26. The second-order valence-electron chi connectivity index (χ2n) is 6.02. The Morgan fingerprint density at radius 1 is 1.09 bits per heavy atom. The second kappa shape index (κ2) is 6.72. The molecule has 1 N–H and O–H groups in total. The highest BCUT2D eigenvalue weighted by Gasteiger charge is 2.16. The molecule has 0 radical (unpaired) electrons. The van der Waals surface area contributed by atoms with Crippen molar-refractivity contribution in [3.05, 3.63) is 40.5 Å². The van der Waals surface area contributed by atoms with Crippen molar-refractivity contribution in [3.63, 3.8) is 0 Å². The number of halogens is 1. The Morgan fingerprint density at radius 2 is 1.83 bits per heavy atom. The van der Waals surface area contributed by atoms with Gasteiger partial charge in [0.15, 0.2) is 0 Å². The molecule has 6 heteroatoms. The molecule has 0 atom stereocenters. The molecule has 23 heavy (non-hydrogen) atoms. The van der Waals surface area contributed by atoms with Gasteiger partial charge >= 0.3 is 0 Å². The maximum Gasteiger partial charge on any atom is 0.229 e. The number of benzene rings is 1. The van der Waals surface area contributed by atoms with E-state index < -0.39 is 0 Å². The molecule has 5 nitrogen and oxygen atoms in total. The number of aryl methyl sites for hydroxylation is 1. The van der Waals surface area contributed by atoms with Gasteiger partial charge in [-0.25, -0.2) is 4.98 Å². The molecular formula is C17H22ClN5. The van der Waals surface area contributed by atoms with Gasteiger partial charge in [-0.1, -0.05) is 17.7 Å². The summed E-state index contributed by atoms with van der Waals surface area (Å²) >= 11 is 6.18. The van der Waals surface area contributed by atoms with E-state index in [2.05, 4.69) is 27.1 Å². The maximum atomic E-state index is 6.18. The molecular weight excluding hydrogens is 310 g/mol. The van der Waals surface area contributed by atoms with Gasteiger partial charge in [0.1, 0.15) is 5.82 Å². The van der Waals surface area contributed by atoms with Crippen LogP contribution >= 0.6 is 11.6 Å². The van der Waals surface area contributed by atoms with Crippen molar-refractivity contribution >= 4 is 29.1 Å². The van der Waals surface area contributed by atoms with Crippen molar-refractivity contribution in [3.8, 4) is 0 Å². The third-order valence-electron chi connectivity index (χ3n) is 4.18. The van der Waals surface area contributed by atoms with Crippen LogP contribution in [-0.2, 0) is 0 Å². The molecule has 3 rings (SSSR count). The number of hydrogen-bond acceptors (Lipinski definition) is 5. The van der Waals surface area contributed by atoms with Gasteiger partial charge in [-0.2, -0.15) is 4.98 Å². The fourth-order valence-electron chi connectivity index (χ4n) is 2.67. The zero-order valence-corrected chi connectivity index (χ0v) is 14.6. The number of aromatic nitrogens is 2. The Hall–Kier alpha value is -1.85. The van der Waals surface area contributed by atoms with Gasteiger partial charge in [-0.3, -0.25) is 0 Å². The molecule has 0 spiro atoms. The van der Waals surface area contributed by atoms with E-state index in [0.29, 0.717) is 5.95 Å². The maximum absolute atomic E-state index is 6.18. The summed E-state index contributed by atoms with van der Waals surface area (Å²) in [7, 11) is 2.15. The smallest absolute Gasteiger partial charge is 0.229 e. The van der Waals surface area contributed by atoms with Crippen LogP contribution in [0.4, 0.5) is 17.5 Å². The molecule has 1 aromatic carbocycles. The number of nitrogens with zero attached hydrogens (tertiary/aromatic N) is 4. The van der Waals surface area contributed by atoms with E-state index >= 15 is 0 Å². The summed E-state index contributed by atoms with van der Waals surface area (Å²) in [4.78, 5) is 13.8. The van der Waals surface area contributed by atoms with Crippen molar-refractivity contribution in [2.24, 2.45) is 0 Å². The van der Waals surface area contributed by atoms with Crippen LogP contribution in [0.3, 0.4) is 0 Å². The van der Waals surface area contributed by atoms with Crippen molar-refractivity contribution in [1.29, 1.82) is 0 Å². The van der Waals surface area contributed by atoms with Crippen molar-refractivity contribution in [2.45, 2.75) is 13.8 Å². The van der Waals surface area contributed by atoms with E-state index in [1.54, 1.807) is 0 Å². The van der Waals surface area contributed by atoms with Gasteiger partial charge < -0.3 is 15.1 Å². The van der Waals surface area contributed by atoms with E-state index in [0.717, 1.165) is 54.0 Å². The SMILES string of the molecule is Cc1cc(N2CCN(C)CC2)nc(Nc2cccc(Cl)c2C)n1. The van der Waals surface area contributed by atoms with E-state index in [1.807, 2.05) is 38.1 Å². The normalized spacial score (nSPS) is 15.7. The van der Waals surface area contributed by atoms with Crippen LogP contribution in [-0.4, -0.2) is 48.1 Å². The summed E-state index contributed by atoms with van der Waals surface area (Å²) in [6, 6.07) is 7.84. The van der Waals surface area contributed by atoms with Crippen LogP contribution in [0.15, 0.2) is 24.3 Å². The number of hydrogen-bond donors (Lipinski definition) is 1. The zero-order chi connectivity index (χ0) is 16.4. The first-order valence-corrected chi connectivity index (χ1v) is 8.22. The summed E-state index contributed by atoms with van der Waals surface area (Å²) < 4.78 is 0. The summed E-state index contributed by atoms with van der Waals surface area (Å²) in [5.41, 5.74) is 2.89. The minimum absolute atomic E-state index is 0.615. The molecule has 1 aliphatic rings. The van der Waals surface area contributed by atoms with Crippen LogP contribution in [0.2, 0.25) is 5.02 Å². The zero-order valence-electron chi connectivity index (χ0n) is 13.8. The minimum Gasteiger partial charge on any atom is -0.354 e. The van der Waals surface area contributed by atoms with Gasteiger partial charge in [0.2, 0.25) is 5.95 Å². The molecule has 0 bridgehead atoms. The Labute approximate surface area is 142 Å². The van der Waals surface area contributed by atoms with Crippen LogP contribution in [0.5, 0.6) is 0 Å². The monoisotopic (exact) mass is 331 g/mol. The van der Waals surface area contributed by atoms with E-state index in [9.17, 15) is 0 Å².